The fourth-order valence-electron chi connectivity index (χ4n) is 1.73. The predicted molar refractivity (Wildman–Crippen MR) is 27.7 cm³/mol. The summed E-state index contributed by atoms with van der Waals surface area (Å²) in [5.41, 5.74) is -0.926. The molecule has 0 aliphatic heterocycles. The summed E-state index contributed by atoms with van der Waals surface area (Å²) >= 11 is 0. The molecule has 50 valence electrons. The molecule has 3 rings (SSSR count). The first-order valence-corrected chi connectivity index (χ1v) is 3.04. The highest BCUT2D eigenvalue weighted by Gasteiger charge is 2.71. The minimum Gasteiger partial charge on any atom is -0.481 e. The number of halogens is 1. The average Bonchev–Trinajstić information content (AvgIpc) is 1.60. The molecule has 0 amide bonds. The maximum atomic E-state index is 12.5. The van der Waals surface area contributed by atoms with Gasteiger partial charge in [0.15, 0.2) is 0 Å². The van der Waals surface area contributed by atoms with E-state index in [4.69, 9.17) is 5.11 Å². The normalized spacial score (nSPS) is 53.4. The van der Waals surface area contributed by atoms with Gasteiger partial charge in [-0.25, -0.2) is 4.39 Å². The van der Waals surface area contributed by atoms with Crippen molar-refractivity contribution in [1.29, 1.82) is 0 Å². The largest absolute Gasteiger partial charge is 0.481 e. The summed E-state index contributed by atoms with van der Waals surface area (Å²) in [5, 5.41) is 8.46. The fourth-order valence-corrected chi connectivity index (χ4v) is 1.73. The first kappa shape index (κ1) is 5.21. The maximum absolute atomic E-state index is 12.5. The number of alkyl halides is 1. The standard InChI is InChI=1S/C6H7FO2/c7-4-3-1-6(4,2-3)5(8)9/h3-4H,1-2H2,(H,8,9). The number of hydrogen-bond acceptors (Lipinski definition) is 1. The Bertz CT molecular complexity index is 172. The van der Waals surface area contributed by atoms with Crippen LogP contribution in [0.5, 0.6) is 0 Å². The fraction of sp³-hybridized carbons (Fsp3) is 0.833. The highest BCUT2D eigenvalue weighted by molar-refractivity contribution is 5.79. The van der Waals surface area contributed by atoms with Gasteiger partial charge >= 0.3 is 5.97 Å². The molecule has 9 heavy (non-hydrogen) atoms. The Balaban J connectivity index is 2.19. The number of rotatable bonds is 1. The third kappa shape index (κ3) is 0.334. The van der Waals surface area contributed by atoms with E-state index in [0.717, 1.165) is 0 Å². The summed E-state index contributed by atoms with van der Waals surface area (Å²) in [6.45, 7) is 0. The number of hydrogen-bond donors (Lipinski definition) is 1. The third-order valence-corrected chi connectivity index (χ3v) is 2.62. The van der Waals surface area contributed by atoms with Crippen LogP contribution in [0.25, 0.3) is 0 Å². The van der Waals surface area contributed by atoms with Gasteiger partial charge in [-0.2, -0.15) is 0 Å². The summed E-state index contributed by atoms with van der Waals surface area (Å²) < 4.78 is 12.5. The Hall–Kier alpha value is -0.600. The van der Waals surface area contributed by atoms with Crippen LogP contribution in [0.3, 0.4) is 0 Å². The number of carboxylic acid groups (broad SMARTS) is 1. The van der Waals surface area contributed by atoms with Crippen molar-refractivity contribution in [3.8, 4) is 0 Å². The lowest BCUT2D eigenvalue weighted by Gasteiger charge is -2.61. The second kappa shape index (κ2) is 1.13. The molecular formula is C6H7FO2. The molecule has 3 saturated carbocycles. The average molecular weight is 130 g/mol. The molecule has 1 atom stereocenters. The molecule has 0 aromatic heterocycles. The Morgan fingerprint density at radius 3 is 2.22 bits per heavy atom. The number of aliphatic carboxylic acids is 1. The van der Waals surface area contributed by atoms with Crippen LogP contribution in [-0.4, -0.2) is 17.2 Å². The number of carboxylic acids is 1. The Morgan fingerprint density at radius 1 is 1.67 bits per heavy atom. The van der Waals surface area contributed by atoms with E-state index in [2.05, 4.69) is 0 Å². The highest BCUT2D eigenvalue weighted by Crippen LogP contribution is 2.65. The van der Waals surface area contributed by atoms with E-state index in [1.807, 2.05) is 0 Å². The van der Waals surface area contributed by atoms with Crippen LogP contribution in [0.15, 0.2) is 0 Å². The molecule has 0 spiro atoms. The van der Waals surface area contributed by atoms with E-state index in [9.17, 15) is 9.18 Å². The zero-order valence-corrected chi connectivity index (χ0v) is 4.80. The summed E-state index contributed by atoms with van der Waals surface area (Å²) in [6.07, 6.45) is 0.113. The topological polar surface area (TPSA) is 37.3 Å². The summed E-state index contributed by atoms with van der Waals surface area (Å²) in [6, 6.07) is 0. The van der Waals surface area contributed by atoms with Gasteiger partial charge in [0.2, 0.25) is 0 Å². The molecule has 0 heterocycles. The molecule has 3 aliphatic rings. The maximum Gasteiger partial charge on any atom is 0.312 e. The monoisotopic (exact) mass is 130 g/mol. The van der Waals surface area contributed by atoms with E-state index in [1.54, 1.807) is 0 Å². The van der Waals surface area contributed by atoms with Crippen LogP contribution in [0.4, 0.5) is 4.39 Å². The van der Waals surface area contributed by atoms with Crippen molar-refractivity contribution in [3.63, 3.8) is 0 Å². The van der Waals surface area contributed by atoms with E-state index < -0.39 is 17.6 Å². The molecule has 2 bridgehead atoms. The van der Waals surface area contributed by atoms with Crippen LogP contribution < -0.4 is 0 Å². The van der Waals surface area contributed by atoms with Crippen molar-refractivity contribution in [2.45, 2.75) is 19.0 Å². The van der Waals surface area contributed by atoms with Crippen molar-refractivity contribution in [2.24, 2.45) is 11.3 Å². The van der Waals surface area contributed by atoms with Crippen molar-refractivity contribution in [2.75, 3.05) is 0 Å². The molecule has 3 heteroatoms. The van der Waals surface area contributed by atoms with Crippen LogP contribution in [-0.2, 0) is 4.79 Å². The van der Waals surface area contributed by atoms with Crippen molar-refractivity contribution in [1.82, 2.24) is 0 Å². The zero-order chi connectivity index (χ0) is 6.65. The van der Waals surface area contributed by atoms with Gasteiger partial charge in [0, 0.05) is 0 Å². The summed E-state index contributed by atoms with van der Waals surface area (Å²) in [7, 11) is 0. The molecular weight excluding hydrogens is 123 g/mol. The Labute approximate surface area is 51.7 Å². The first-order chi connectivity index (χ1) is 4.17. The van der Waals surface area contributed by atoms with Gasteiger partial charge in [0.1, 0.15) is 6.17 Å². The Morgan fingerprint density at radius 2 is 2.22 bits per heavy atom. The van der Waals surface area contributed by atoms with Gasteiger partial charge in [0.25, 0.3) is 0 Å². The molecule has 0 aromatic carbocycles. The second-order valence-electron chi connectivity index (χ2n) is 3.03. The van der Waals surface area contributed by atoms with Crippen LogP contribution >= 0.6 is 0 Å². The molecule has 0 aromatic rings. The Kier molecular flexibility index (Phi) is 0.652. The molecule has 0 saturated heterocycles. The lowest BCUT2D eigenvalue weighted by molar-refractivity contribution is -0.219. The lowest BCUT2D eigenvalue weighted by atomic mass is 9.43. The van der Waals surface area contributed by atoms with Crippen LogP contribution in [0, 0.1) is 11.3 Å². The van der Waals surface area contributed by atoms with Crippen LogP contribution in [0.2, 0.25) is 0 Å². The summed E-state index contributed by atoms with van der Waals surface area (Å²) in [4.78, 5) is 10.3. The summed E-state index contributed by atoms with van der Waals surface area (Å²) in [5.74, 6) is -0.862. The molecule has 3 aliphatic carbocycles. The van der Waals surface area contributed by atoms with E-state index >= 15 is 0 Å². The molecule has 0 radical (unpaired) electrons. The number of carbonyl (C=O) groups is 1. The van der Waals surface area contributed by atoms with Gasteiger partial charge in [0.05, 0.1) is 5.41 Å². The SMILES string of the molecule is O=C(O)C12CC(C1)C2F. The molecule has 2 nitrogen and oxygen atoms in total. The second-order valence-corrected chi connectivity index (χ2v) is 3.03. The van der Waals surface area contributed by atoms with E-state index in [0.29, 0.717) is 12.8 Å². The smallest absolute Gasteiger partial charge is 0.312 e. The first-order valence-electron chi connectivity index (χ1n) is 3.04. The van der Waals surface area contributed by atoms with E-state index in [1.165, 1.54) is 0 Å². The van der Waals surface area contributed by atoms with Gasteiger partial charge in [-0.1, -0.05) is 0 Å². The molecule has 3 fully saturated rings. The minimum atomic E-state index is -1.03. The van der Waals surface area contributed by atoms with E-state index in [-0.39, 0.29) is 5.92 Å². The minimum absolute atomic E-state index is 0.0844. The van der Waals surface area contributed by atoms with Gasteiger partial charge in [-0.3, -0.25) is 4.79 Å². The lowest BCUT2D eigenvalue weighted by Crippen LogP contribution is -2.67. The molecule has 1 unspecified atom stereocenters. The third-order valence-electron chi connectivity index (χ3n) is 2.62. The van der Waals surface area contributed by atoms with Gasteiger partial charge < -0.3 is 5.11 Å². The van der Waals surface area contributed by atoms with Crippen molar-refractivity contribution < 1.29 is 14.3 Å². The van der Waals surface area contributed by atoms with Crippen molar-refractivity contribution >= 4 is 5.97 Å². The predicted octanol–water partition coefficient (Wildman–Crippen LogP) is 0.819. The quantitative estimate of drug-likeness (QED) is 0.570. The van der Waals surface area contributed by atoms with Gasteiger partial charge in [-0.05, 0) is 18.8 Å². The van der Waals surface area contributed by atoms with Crippen molar-refractivity contribution in [3.05, 3.63) is 0 Å². The van der Waals surface area contributed by atoms with Gasteiger partial charge in [-0.15, -0.1) is 0 Å². The zero-order valence-electron chi connectivity index (χ0n) is 4.80. The van der Waals surface area contributed by atoms with Crippen LogP contribution in [0.1, 0.15) is 12.8 Å². The molecule has 1 N–H and O–H groups in total. The highest BCUT2D eigenvalue weighted by atomic mass is 19.1.